The molecule has 0 radical (unpaired) electrons. The number of rotatable bonds is 7. The fraction of sp³-hybridized carbons (Fsp3) is 0.0870. The van der Waals surface area contributed by atoms with Crippen molar-refractivity contribution in [2.24, 2.45) is 0 Å². The van der Waals surface area contributed by atoms with Crippen LogP contribution in [0, 0.1) is 0 Å². The topological polar surface area (TPSA) is 93.3 Å². The Balaban J connectivity index is 1.28. The molecule has 2 N–H and O–H groups in total. The van der Waals surface area contributed by atoms with E-state index < -0.39 is 5.97 Å². The van der Waals surface area contributed by atoms with Crippen LogP contribution in [0.1, 0.15) is 5.82 Å². The molecule has 7 heteroatoms. The molecule has 0 saturated carbocycles. The van der Waals surface area contributed by atoms with Gasteiger partial charge in [-0.1, -0.05) is 30.3 Å². The van der Waals surface area contributed by atoms with Crippen molar-refractivity contribution >= 4 is 28.2 Å². The molecule has 150 valence electrons. The second-order valence-corrected chi connectivity index (χ2v) is 6.49. The van der Waals surface area contributed by atoms with Crippen molar-refractivity contribution in [2.45, 2.75) is 6.61 Å². The Morgan fingerprint density at radius 3 is 2.40 bits per heavy atom. The third kappa shape index (κ3) is 4.82. The van der Waals surface area contributed by atoms with Crippen LogP contribution in [0.3, 0.4) is 0 Å². The Labute approximate surface area is 172 Å². The summed E-state index contributed by atoms with van der Waals surface area (Å²) in [6, 6.07) is 24.0. The van der Waals surface area contributed by atoms with Crippen LogP contribution in [0.15, 0.2) is 83.7 Å². The highest BCUT2D eigenvalue weighted by Crippen LogP contribution is 2.19. The van der Waals surface area contributed by atoms with E-state index in [1.54, 1.807) is 36.4 Å². The Morgan fingerprint density at radius 1 is 0.900 bits per heavy atom. The first kappa shape index (κ1) is 19.2. The fourth-order valence-corrected chi connectivity index (χ4v) is 2.86. The van der Waals surface area contributed by atoms with Crippen LogP contribution in [0.5, 0.6) is 5.75 Å². The first-order valence-electron chi connectivity index (χ1n) is 9.36. The standard InChI is InChI=1S/C23H19N3O4/c27-22(30-14-21-25-20-9-5-4-8-19(20)23(28)26-21)15-29-18-12-10-17(11-13-18)24-16-6-2-1-3-7-16/h1-13,24H,14-15H2,(H,25,26,28). The van der Waals surface area contributed by atoms with Crippen molar-refractivity contribution in [3.05, 3.63) is 95.0 Å². The van der Waals surface area contributed by atoms with E-state index >= 15 is 0 Å². The second-order valence-electron chi connectivity index (χ2n) is 6.49. The lowest BCUT2D eigenvalue weighted by molar-refractivity contribution is -0.147. The summed E-state index contributed by atoms with van der Waals surface area (Å²) in [6.45, 7) is -0.383. The van der Waals surface area contributed by atoms with Crippen molar-refractivity contribution in [1.82, 2.24) is 9.97 Å². The molecule has 30 heavy (non-hydrogen) atoms. The number of aromatic nitrogens is 2. The molecule has 0 bridgehead atoms. The van der Waals surface area contributed by atoms with Crippen LogP contribution in [-0.4, -0.2) is 22.5 Å². The number of hydrogen-bond acceptors (Lipinski definition) is 6. The number of nitrogens with one attached hydrogen (secondary N) is 2. The average Bonchev–Trinajstić information content (AvgIpc) is 2.78. The molecule has 3 aromatic carbocycles. The zero-order valence-electron chi connectivity index (χ0n) is 16.0. The number of carbonyl (C=O) groups excluding carboxylic acids is 1. The quantitative estimate of drug-likeness (QED) is 0.458. The molecule has 0 fully saturated rings. The van der Waals surface area contributed by atoms with Gasteiger partial charge in [0.1, 0.15) is 18.2 Å². The predicted molar refractivity (Wildman–Crippen MR) is 114 cm³/mol. The molecule has 0 unspecified atom stereocenters. The lowest BCUT2D eigenvalue weighted by Crippen LogP contribution is -2.18. The number of anilines is 2. The summed E-state index contributed by atoms with van der Waals surface area (Å²) < 4.78 is 10.6. The van der Waals surface area contributed by atoms with Crippen LogP contribution >= 0.6 is 0 Å². The van der Waals surface area contributed by atoms with Gasteiger partial charge in [0, 0.05) is 11.4 Å². The number of H-pyrrole nitrogens is 1. The first-order valence-corrected chi connectivity index (χ1v) is 9.36. The molecule has 0 atom stereocenters. The molecule has 0 amide bonds. The third-order valence-corrected chi connectivity index (χ3v) is 4.31. The summed E-state index contributed by atoms with van der Waals surface area (Å²) in [7, 11) is 0. The van der Waals surface area contributed by atoms with Crippen LogP contribution < -0.4 is 15.6 Å². The van der Waals surface area contributed by atoms with E-state index in [0.29, 0.717) is 16.7 Å². The normalized spacial score (nSPS) is 10.5. The average molecular weight is 401 g/mol. The molecule has 7 nitrogen and oxygen atoms in total. The van der Waals surface area contributed by atoms with Gasteiger partial charge >= 0.3 is 5.97 Å². The summed E-state index contributed by atoms with van der Waals surface area (Å²) in [5.41, 5.74) is 2.16. The molecule has 4 aromatic rings. The van der Waals surface area contributed by atoms with E-state index in [9.17, 15) is 9.59 Å². The predicted octanol–water partition coefficient (Wildman–Crippen LogP) is 3.79. The molecule has 1 aromatic heterocycles. The number of para-hydroxylation sites is 2. The van der Waals surface area contributed by atoms with E-state index in [4.69, 9.17) is 9.47 Å². The largest absolute Gasteiger partial charge is 0.482 e. The minimum Gasteiger partial charge on any atom is -0.482 e. The molecule has 0 saturated heterocycles. The van der Waals surface area contributed by atoms with Crippen molar-refractivity contribution in [3.63, 3.8) is 0 Å². The van der Waals surface area contributed by atoms with Gasteiger partial charge in [-0.2, -0.15) is 0 Å². The van der Waals surface area contributed by atoms with Gasteiger partial charge in [-0.25, -0.2) is 9.78 Å². The molecular weight excluding hydrogens is 382 g/mol. The van der Waals surface area contributed by atoms with Crippen LogP contribution in [0.2, 0.25) is 0 Å². The fourth-order valence-electron chi connectivity index (χ4n) is 2.86. The van der Waals surface area contributed by atoms with Gasteiger partial charge in [-0.15, -0.1) is 0 Å². The Kier molecular flexibility index (Phi) is 5.70. The molecule has 0 spiro atoms. The second kappa shape index (κ2) is 8.91. The zero-order valence-corrected chi connectivity index (χ0v) is 16.0. The maximum absolute atomic E-state index is 12.0. The molecule has 0 aliphatic heterocycles. The Hall–Kier alpha value is -4.13. The highest BCUT2D eigenvalue weighted by Gasteiger charge is 2.08. The lowest BCUT2D eigenvalue weighted by Gasteiger charge is -2.09. The molecule has 0 aliphatic carbocycles. The van der Waals surface area contributed by atoms with Crippen molar-refractivity contribution in [2.75, 3.05) is 11.9 Å². The van der Waals surface area contributed by atoms with E-state index in [0.717, 1.165) is 11.4 Å². The first-order chi connectivity index (χ1) is 14.7. The van der Waals surface area contributed by atoms with Crippen LogP contribution in [0.4, 0.5) is 11.4 Å². The number of carbonyl (C=O) groups is 1. The number of ether oxygens (including phenoxy) is 2. The summed E-state index contributed by atoms with van der Waals surface area (Å²) in [6.07, 6.45) is 0. The number of nitrogens with zero attached hydrogens (tertiary/aromatic N) is 1. The Morgan fingerprint density at radius 2 is 1.60 bits per heavy atom. The summed E-state index contributed by atoms with van der Waals surface area (Å²) >= 11 is 0. The smallest absolute Gasteiger partial charge is 0.344 e. The van der Waals surface area contributed by atoms with Gasteiger partial charge in [0.05, 0.1) is 10.9 Å². The highest BCUT2D eigenvalue weighted by molar-refractivity contribution is 5.77. The minimum atomic E-state index is -0.558. The SMILES string of the molecule is O=C(COc1ccc(Nc2ccccc2)cc1)OCc1nc2ccccc2c(=O)[nH]1. The number of esters is 1. The minimum absolute atomic E-state index is 0.137. The van der Waals surface area contributed by atoms with E-state index in [2.05, 4.69) is 15.3 Å². The number of fused-ring (bicyclic) bond motifs is 1. The number of aromatic amines is 1. The number of hydrogen-bond donors (Lipinski definition) is 2. The summed E-state index contributed by atoms with van der Waals surface area (Å²) in [4.78, 5) is 30.9. The van der Waals surface area contributed by atoms with Gasteiger partial charge < -0.3 is 19.8 Å². The van der Waals surface area contributed by atoms with Crippen molar-refractivity contribution < 1.29 is 14.3 Å². The zero-order chi connectivity index (χ0) is 20.8. The van der Waals surface area contributed by atoms with Gasteiger partial charge in [0.15, 0.2) is 6.61 Å². The lowest BCUT2D eigenvalue weighted by atomic mass is 10.2. The van der Waals surface area contributed by atoms with Crippen LogP contribution in [-0.2, 0) is 16.1 Å². The monoisotopic (exact) mass is 401 g/mol. The van der Waals surface area contributed by atoms with Crippen molar-refractivity contribution in [3.8, 4) is 5.75 Å². The van der Waals surface area contributed by atoms with E-state index in [-0.39, 0.29) is 24.6 Å². The van der Waals surface area contributed by atoms with E-state index in [1.165, 1.54) is 0 Å². The van der Waals surface area contributed by atoms with Crippen molar-refractivity contribution in [1.29, 1.82) is 0 Å². The molecule has 0 aliphatic rings. The molecular formula is C23H19N3O4. The van der Waals surface area contributed by atoms with Gasteiger partial charge in [-0.05, 0) is 48.5 Å². The van der Waals surface area contributed by atoms with Gasteiger partial charge in [-0.3, -0.25) is 4.79 Å². The summed E-state index contributed by atoms with van der Waals surface area (Å²) in [5.74, 6) is 0.267. The maximum Gasteiger partial charge on any atom is 0.344 e. The third-order valence-electron chi connectivity index (χ3n) is 4.31. The Bertz CT molecular complexity index is 1200. The molecule has 4 rings (SSSR count). The van der Waals surface area contributed by atoms with E-state index in [1.807, 2.05) is 42.5 Å². The summed E-state index contributed by atoms with van der Waals surface area (Å²) in [5, 5.41) is 3.76. The highest BCUT2D eigenvalue weighted by atomic mass is 16.6. The maximum atomic E-state index is 12.0. The number of benzene rings is 3. The van der Waals surface area contributed by atoms with Gasteiger partial charge in [0.2, 0.25) is 0 Å². The van der Waals surface area contributed by atoms with Crippen LogP contribution in [0.25, 0.3) is 10.9 Å². The van der Waals surface area contributed by atoms with Gasteiger partial charge in [0.25, 0.3) is 5.56 Å². The molecule has 1 heterocycles.